The maximum absolute atomic E-state index is 5.34. The average molecular weight is 541 g/mol. The summed E-state index contributed by atoms with van der Waals surface area (Å²) in [5.74, 6) is 0. The lowest BCUT2D eigenvalue weighted by Gasteiger charge is -2.15. The SMILES string of the molecule is Cc1ccc(Cc2cc(-c3ccccc3)c3ccc4c(-c5ccccc5)cc(Cc5ccc(C)cc5)nc4c3n2)cc1. The first-order chi connectivity index (χ1) is 20.6. The van der Waals surface area contributed by atoms with Crippen molar-refractivity contribution in [2.75, 3.05) is 0 Å². The van der Waals surface area contributed by atoms with E-state index < -0.39 is 0 Å². The Bertz CT molecular complexity index is 1860. The van der Waals surface area contributed by atoms with Crippen molar-refractivity contribution in [3.63, 3.8) is 0 Å². The first-order valence-electron chi connectivity index (χ1n) is 14.6. The zero-order valence-electron chi connectivity index (χ0n) is 24.0. The summed E-state index contributed by atoms with van der Waals surface area (Å²) in [6.07, 6.45) is 1.53. The van der Waals surface area contributed by atoms with Crippen molar-refractivity contribution in [2.45, 2.75) is 26.7 Å². The molecule has 2 heteroatoms. The Morgan fingerprint density at radius 3 is 1.19 bits per heavy atom. The first kappa shape index (κ1) is 25.9. The minimum absolute atomic E-state index is 0.765. The lowest BCUT2D eigenvalue weighted by atomic mass is 9.94. The first-order valence-corrected chi connectivity index (χ1v) is 14.6. The van der Waals surface area contributed by atoms with E-state index in [9.17, 15) is 0 Å². The van der Waals surface area contributed by atoms with Crippen LogP contribution in [-0.2, 0) is 12.8 Å². The second-order valence-electron chi connectivity index (χ2n) is 11.2. The fourth-order valence-electron chi connectivity index (χ4n) is 5.81. The van der Waals surface area contributed by atoms with Crippen LogP contribution in [0.4, 0.5) is 0 Å². The molecule has 202 valence electrons. The van der Waals surface area contributed by atoms with Gasteiger partial charge in [0.25, 0.3) is 0 Å². The highest BCUT2D eigenvalue weighted by Crippen LogP contribution is 2.37. The standard InChI is InChI=1S/C40H32N2/c1-27-13-17-29(18-14-27)23-33-25-37(31-9-5-3-6-10-31)35-21-22-36-38(32-11-7-4-8-12-32)26-34(42-40(36)39(35)41-33)24-30-19-15-28(2)16-20-30/h3-22,25-26H,23-24H2,1-2H3. The van der Waals surface area contributed by atoms with Crippen LogP contribution in [0.2, 0.25) is 0 Å². The molecule has 7 aromatic rings. The summed E-state index contributed by atoms with van der Waals surface area (Å²) in [7, 11) is 0. The second-order valence-corrected chi connectivity index (χ2v) is 11.2. The van der Waals surface area contributed by atoms with Gasteiger partial charge in [-0.1, -0.05) is 132 Å². The summed E-state index contributed by atoms with van der Waals surface area (Å²) in [5, 5.41) is 2.25. The number of fused-ring (bicyclic) bond motifs is 3. The normalized spacial score (nSPS) is 11.3. The van der Waals surface area contributed by atoms with Gasteiger partial charge in [-0.05, 0) is 59.4 Å². The van der Waals surface area contributed by atoms with Gasteiger partial charge < -0.3 is 0 Å². The Labute approximate surface area is 247 Å². The van der Waals surface area contributed by atoms with E-state index in [4.69, 9.17) is 9.97 Å². The van der Waals surface area contributed by atoms with Crippen molar-refractivity contribution in [2.24, 2.45) is 0 Å². The van der Waals surface area contributed by atoms with Gasteiger partial charge in [0.2, 0.25) is 0 Å². The third-order valence-electron chi connectivity index (χ3n) is 8.05. The maximum Gasteiger partial charge on any atom is 0.0974 e. The zero-order valence-corrected chi connectivity index (χ0v) is 24.0. The minimum Gasteiger partial charge on any atom is -0.250 e. The van der Waals surface area contributed by atoms with Crippen molar-refractivity contribution >= 4 is 21.8 Å². The number of rotatable bonds is 6. The Hall–Kier alpha value is -5.08. The summed E-state index contributed by atoms with van der Waals surface area (Å²) in [4.78, 5) is 10.7. The molecule has 0 bridgehead atoms. The topological polar surface area (TPSA) is 25.8 Å². The molecule has 2 heterocycles. The van der Waals surface area contributed by atoms with Crippen LogP contribution >= 0.6 is 0 Å². The van der Waals surface area contributed by atoms with Gasteiger partial charge in [-0.25, -0.2) is 0 Å². The summed E-state index contributed by atoms with van der Waals surface area (Å²) >= 11 is 0. The van der Waals surface area contributed by atoms with Gasteiger partial charge in [0.05, 0.1) is 11.0 Å². The Kier molecular flexibility index (Phi) is 6.81. The Balaban J connectivity index is 1.49. The molecule has 0 aliphatic carbocycles. The van der Waals surface area contributed by atoms with Crippen LogP contribution < -0.4 is 0 Å². The monoisotopic (exact) mass is 540 g/mol. The van der Waals surface area contributed by atoms with Gasteiger partial charge >= 0.3 is 0 Å². The lowest BCUT2D eigenvalue weighted by Crippen LogP contribution is -2.00. The molecule has 42 heavy (non-hydrogen) atoms. The zero-order chi connectivity index (χ0) is 28.5. The van der Waals surface area contributed by atoms with Crippen LogP contribution in [0.3, 0.4) is 0 Å². The highest BCUT2D eigenvalue weighted by atomic mass is 14.8. The van der Waals surface area contributed by atoms with E-state index in [1.54, 1.807) is 0 Å². The Morgan fingerprint density at radius 1 is 0.429 bits per heavy atom. The molecule has 0 N–H and O–H groups in total. The molecule has 0 atom stereocenters. The summed E-state index contributed by atoms with van der Waals surface area (Å²) < 4.78 is 0. The highest BCUT2D eigenvalue weighted by molar-refractivity contribution is 6.12. The van der Waals surface area contributed by atoms with Crippen LogP contribution in [-0.4, -0.2) is 9.97 Å². The molecule has 0 fully saturated rings. The molecular formula is C40H32N2. The highest BCUT2D eigenvalue weighted by Gasteiger charge is 2.16. The van der Waals surface area contributed by atoms with Crippen LogP contribution in [0.15, 0.2) is 133 Å². The number of pyridine rings is 2. The van der Waals surface area contributed by atoms with E-state index in [0.29, 0.717) is 0 Å². The average Bonchev–Trinajstić information content (AvgIpc) is 3.03. The number of hydrogen-bond donors (Lipinski definition) is 0. The van der Waals surface area contributed by atoms with Crippen LogP contribution in [0.1, 0.15) is 33.6 Å². The molecule has 0 aliphatic heterocycles. The van der Waals surface area contributed by atoms with E-state index in [2.05, 4.69) is 147 Å². The molecule has 0 amide bonds. The number of aromatic nitrogens is 2. The van der Waals surface area contributed by atoms with Gasteiger partial charge in [-0.3, -0.25) is 9.97 Å². The van der Waals surface area contributed by atoms with Gasteiger partial charge in [-0.2, -0.15) is 0 Å². The fraction of sp³-hybridized carbons (Fsp3) is 0.100. The van der Waals surface area contributed by atoms with Crippen LogP contribution in [0, 0.1) is 13.8 Å². The summed E-state index contributed by atoms with van der Waals surface area (Å²) in [5.41, 5.74) is 13.8. The molecule has 0 radical (unpaired) electrons. The summed E-state index contributed by atoms with van der Waals surface area (Å²) in [6, 6.07) is 47.8. The predicted octanol–water partition coefficient (Wildman–Crippen LogP) is 9.92. The van der Waals surface area contributed by atoms with E-state index in [0.717, 1.165) is 46.0 Å². The van der Waals surface area contributed by atoms with Crippen molar-refractivity contribution in [1.82, 2.24) is 9.97 Å². The number of nitrogens with zero attached hydrogens (tertiary/aromatic N) is 2. The molecular weight excluding hydrogens is 508 g/mol. The molecule has 2 nitrogen and oxygen atoms in total. The van der Waals surface area contributed by atoms with Crippen molar-refractivity contribution in [1.29, 1.82) is 0 Å². The third-order valence-corrected chi connectivity index (χ3v) is 8.05. The quantitative estimate of drug-likeness (QED) is 0.196. The van der Waals surface area contributed by atoms with Crippen LogP contribution in [0.5, 0.6) is 0 Å². The van der Waals surface area contributed by atoms with Crippen molar-refractivity contribution in [3.05, 3.63) is 167 Å². The van der Waals surface area contributed by atoms with E-state index in [-0.39, 0.29) is 0 Å². The fourth-order valence-corrected chi connectivity index (χ4v) is 5.81. The number of aryl methyl sites for hydroxylation is 2. The minimum atomic E-state index is 0.765. The largest absolute Gasteiger partial charge is 0.250 e. The smallest absolute Gasteiger partial charge is 0.0974 e. The van der Waals surface area contributed by atoms with Crippen molar-refractivity contribution < 1.29 is 0 Å². The molecule has 0 spiro atoms. The van der Waals surface area contributed by atoms with Gasteiger partial charge in [-0.15, -0.1) is 0 Å². The number of hydrogen-bond acceptors (Lipinski definition) is 2. The molecule has 2 aromatic heterocycles. The molecule has 0 saturated heterocycles. The lowest BCUT2D eigenvalue weighted by molar-refractivity contribution is 1.09. The summed E-state index contributed by atoms with van der Waals surface area (Å²) in [6.45, 7) is 4.25. The van der Waals surface area contributed by atoms with Crippen LogP contribution in [0.25, 0.3) is 44.1 Å². The third kappa shape index (κ3) is 5.20. The van der Waals surface area contributed by atoms with Gasteiger partial charge in [0.15, 0.2) is 0 Å². The van der Waals surface area contributed by atoms with E-state index in [1.165, 1.54) is 44.5 Å². The predicted molar refractivity (Wildman–Crippen MR) is 176 cm³/mol. The molecule has 0 aliphatic rings. The Morgan fingerprint density at radius 2 is 0.810 bits per heavy atom. The molecule has 5 aromatic carbocycles. The van der Waals surface area contributed by atoms with Gasteiger partial charge in [0.1, 0.15) is 0 Å². The second kappa shape index (κ2) is 11.1. The number of benzene rings is 5. The molecule has 0 saturated carbocycles. The van der Waals surface area contributed by atoms with E-state index >= 15 is 0 Å². The maximum atomic E-state index is 5.34. The van der Waals surface area contributed by atoms with E-state index in [1.807, 2.05) is 0 Å². The molecule has 7 rings (SSSR count). The van der Waals surface area contributed by atoms with Crippen molar-refractivity contribution in [3.8, 4) is 22.3 Å². The molecule has 0 unspecified atom stereocenters. The van der Waals surface area contributed by atoms with Gasteiger partial charge in [0, 0.05) is 35.0 Å².